The molecule has 8 heteroatoms. The molecule has 6 nitrogen and oxygen atoms in total. The summed E-state index contributed by atoms with van der Waals surface area (Å²) in [6.07, 6.45) is 5.88. The van der Waals surface area contributed by atoms with Gasteiger partial charge in [0.05, 0.1) is 5.56 Å². The number of H-pyrrole nitrogens is 1. The molecular formula is C24H22F2N4O2+2. The Hall–Kier alpha value is -3.60. The molecule has 3 unspecified atom stereocenters. The normalized spacial score (nSPS) is 23.9. The minimum Gasteiger partial charge on any atom is -0.448 e. The highest BCUT2D eigenvalue weighted by atomic mass is 19.1. The molecule has 0 spiro atoms. The van der Waals surface area contributed by atoms with Crippen LogP contribution >= 0.6 is 0 Å². The third kappa shape index (κ3) is 2.84. The number of pyridine rings is 1. The molecular weight excluding hydrogens is 414 g/mol. The van der Waals surface area contributed by atoms with E-state index in [2.05, 4.69) is 11.9 Å². The highest BCUT2D eigenvalue weighted by Crippen LogP contribution is 2.44. The van der Waals surface area contributed by atoms with Crippen molar-refractivity contribution in [3.8, 4) is 17.3 Å². The van der Waals surface area contributed by atoms with Crippen molar-refractivity contribution in [2.45, 2.75) is 50.8 Å². The van der Waals surface area contributed by atoms with Crippen LogP contribution in [0.2, 0.25) is 0 Å². The van der Waals surface area contributed by atoms with Crippen molar-refractivity contribution < 1.29 is 27.4 Å². The molecule has 0 radical (unpaired) electrons. The second-order valence-corrected chi connectivity index (χ2v) is 8.65. The molecule has 1 aromatic carbocycles. The second kappa shape index (κ2) is 7.23. The lowest BCUT2D eigenvalue weighted by Gasteiger charge is -2.31. The number of nitriles is 1. The lowest BCUT2D eigenvalue weighted by Crippen LogP contribution is -2.57. The summed E-state index contributed by atoms with van der Waals surface area (Å²) in [4.78, 5) is 15.5. The first-order valence-corrected chi connectivity index (χ1v) is 10.6. The number of hydrogen-bond donors (Lipinski definition) is 1. The third-order valence-corrected chi connectivity index (χ3v) is 6.92. The van der Waals surface area contributed by atoms with Crippen LogP contribution in [0.25, 0.3) is 11.3 Å². The third-order valence-electron chi connectivity index (χ3n) is 6.92. The zero-order valence-corrected chi connectivity index (χ0v) is 17.7. The number of aromatic amines is 1. The van der Waals surface area contributed by atoms with Crippen molar-refractivity contribution in [1.29, 1.82) is 5.26 Å². The first-order chi connectivity index (χ1) is 15.4. The van der Waals surface area contributed by atoms with Gasteiger partial charge in [-0.05, 0) is 17.7 Å². The van der Waals surface area contributed by atoms with E-state index in [9.17, 15) is 14.4 Å². The molecule has 2 aliphatic heterocycles. The van der Waals surface area contributed by atoms with Gasteiger partial charge in [-0.3, -0.25) is 0 Å². The Morgan fingerprint density at radius 3 is 2.91 bits per heavy atom. The Kier molecular flexibility index (Phi) is 4.59. The SMILES string of the molecule is CCC1(C)CC(C2C[n+]3cc[nH]c3C(=O)O2)c2cc(F)c(C#N)c(F)c2-c2cccc[n+]21. The number of nitrogens with one attached hydrogen (secondary N) is 1. The van der Waals surface area contributed by atoms with Crippen LogP contribution < -0.4 is 9.13 Å². The maximum atomic E-state index is 15.6. The van der Waals surface area contributed by atoms with Gasteiger partial charge in [0.25, 0.3) is 0 Å². The van der Waals surface area contributed by atoms with Crippen molar-refractivity contribution >= 4 is 5.97 Å². The maximum Gasteiger partial charge on any atom is 0.422 e. The summed E-state index contributed by atoms with van der Waals surface area (Å²) in [6, 6.07) is 8.34. The van der Waals surface area contributed by atoms with Crippen molar-refractivity contribution in [2.24, 2.45) is 0 Å². The number of aromatic nitrogens is 3. The fourth-order valence-electron chi connectivity index (χ4n) is 5.06. The van der Waals surface area contributed by atoms with Crippen molar-refractivity contribution in [1.82, 2.24) is 4.98 Å². The summed E-state index contributed by atoms with van der Waals surface area (Å²) < 4.78 is 40.0. The summed E-state index contributed by atoms with van der Waals surface area (Å²) in [5, 5.41) is 9.39. The number of nitrogens with zero attached hydrogens (tertiary/aromatic N) is 3. The van der Waals surface area contributed by atoms with Gasteiger partial charge in [-0.2, -0.15) is 9.83 Å². The Bertz CT molecular complexity index is 1300. The smallest absolute Gasteiger partial charge is 0.422 e. The summed E-state index contributed by atoms with van der Waals surface area (Å²) in [5.41, 5.74) is 0.104. The van der Waals surface area contributed by atoms with E-state index >= 15 is 4.39 Å². The number of halogens is 2. The standard InChI is InChI=1S/C24H21F2N4O2/c1-3-24(2)11-15(19-13-29-9-7-28-22(29)23(31)32-19)14-10-17(25)16(12-27)21(26)20(14)18-6-4-5-8-30(18)24/h4-10,15,19H,3,11,13H2,1-2H3/q+1/p+1. The molecule has 3 atom stereocenters. The van der Waals surface area contributed by atoms with E-state index in [0.717, 1.165) is 6.42 Å². The van der Waals surface area contributed by atoms with Gasteiger partial charge in [0.2, 0.25) is 5.69 Å². The fraction of sp³-hybridized carbons (Fsp3) is 0.333. The van der Waals surface area contributed by atoms with Gasteiger partial charge in [0, 0.05) is 37.8 Å². The number of carbonyl (C=O) groups is 1. The van der Waals surface area contributed by atoms with Gasteiger partial charge in [0.15, 0.2) is 17.6 Å². The Morgan fingerprint density at radius 1 is 1.34 bits per heavy atom. The number of ether oxygens (including phenoxy) is 1. The fourth-order valence-corrected chi connectivity index (χ4v) is 5.06. The van der Waals surface area contributed by atoms with Crippen LogP contribution in [0.3, 0.4) is 0 Å². The summed E-state index contributed by atoms with van der Waals surface area (Å²) in [7, 11) is 0. The topological polar surface area (TPSA) is 73.6 Å². The van der Waals surface area contributed by atoms with Crippen LogP contribution in [0, 0.1) is 23.0 Å². The van der Waals surface area contributed by atoms with E-state index in [0.29, 0.717) is 30.0 Å². The largest absolute Gasteiger partial charge is 0.448 e. The molecule has 0 saturated carbocycles. The molecule has 0 saturated heterocycles. The van der Waals surface area contributed by atoms with Crippen molar-refractivity contribution in [2.75, 3.05) is 0 Å². The van der Waals surface area contributed by atoms with Gasteiger partial charge >= 0.3 is 11.8 Å². The van der Waals surface area contributed by atoms with E-state index in [-0.39, 0.29) is 5.56 Å². The van der Waals surface area contributed by atoms with E-state index in [1.165, 1.54) is 6.07 Å². The lowest BCUT2D eigenvalue weighted by atomic mass is 9.79. The molecule has 0 bridgehead atoms. The average molecular weight is 436 g/mol. The van der Waals surface area contributed by atoms with Crippen molar-refractivity contribution in [3.63, 3.8) is 0 Å². The molecule has 2 aliphatic rings. The van der Waals surface area contributed by atoms with Crippen LogP contribution in [-0.4, -0.2) is 17.1 Å². The van der Waals surface area contributed by atoms with Gasteiger partial charge < -0.3 is 4.74 Å². The molecule has 0 aliphatic carbocycles. The molecule has 162 valence electrons. The monoisotopic (exact) mass is 436 g/mol. The number of fused-ring (bicyclic) bond motifs is 4. The second-order valence-electron chi connectivity index (χ2n) is 8.65. The zero-order valence-electron chi connectivity index (χ0n) is 17.7. The molecule has 0 fully saturated rings. The van der Waals surface area contributed by atoms with Crippen LogP contribution in [0.5, 0.6) is 0 Å². The summed E-state index contributed by atoms with van der Waals surface area (Å²) in [6.45, 7) is 4.47. The highest BCUT2D eigenvalue weighted by molar-refractivity contribution is 5.84. The van der Waals surface area contributed by atoms with E-state index in [1.54, 1.807) is 35.2 Å². The molecule has 1 N–H and O–H groups in total. The van der Waals surface area contributed by atoms with Gasteiger partial charge in [0.1, 0.15) is 42.5 Å². The molecule has 4 heterocycles. The molecule has 32 heavy (non-hydrogen) atoms. The number of cyclic esters (lactones) is 1. The predicted molar refractivity (Wildman–Crippen MR) is 108 cm³/mol. The molecule has 5 rings (SSSR count). The minimum absolute atomic E-state index is 0.187. The van der Waals surface area contributed by atoms with Crippen LogP contribution in [-0.2, 0) is 16.8 Å². The number of hydrogen-bond acceptors (Lipinski definition) is 3. The quantitative estimate of drug-likeness (QED) is 0.495. The Balaban J connectivity index is 1.77. The van der Waals surface area contributed by atoms with Gasteiger partial charge in [-0.15, -0.1) is 0 Å². The Labute approximate surface area is 183 Å². The first-order valence-electron chi connectivity index (χ1n) is 10.6. The molecule has 0 amide bonds. The zero-order chi connectivity index (χ0) is 22.6. The molecule has 3 aromatic rings. The number of esters is 1. The predicted octanol–water partition coefficient (Wildman–Crippen LogP) is 3.26. The minimum atomic E-state index is -0.909. The number of carbonyl (C=O) groups excluding carboxylic acids is 1. The molecule has 2 aromatic heterocycles. The van der Waals surface area contributed by atoms with Crippen LogP contribution in [0.4, 0.5) is 8.78 Å². The van der Waals surface area contributed by atoms with Crippen LogP contribution in [0.15, 0.2) is 42.9 Å². The number of imidazole rings is 1. The maximum absolute atomic E-state index is 15.6. The number of rotatable bonds is 2. The van der Waals surface area contributed by atoms with Crippen molar-refractivity contribution in [3.05, 3.63) is 71.4 Å². The summed E-state index contributed by atoms with van der Waals surface area (Å²) >= 11 is 0. The summed E-state index contributed by atoms with van der Waals surface area (Å²) in [5.74, 6) is -2.44. The first kappa shape index (κ1) is 20.3. The lowest BCUT2D eigenvalue weighted by molar-refractivity contribution is -0.753. The van der Waals surface area contributed by atoms with Gasteiger partial charge in [-0.1, -0.05) is 6.92 Å². The number of benzene rings is 1. The van der Waals surface area contributed by atoms with Gasteiger partial charge in [-0.25, -0.2) is 23.1 Å². The average Bonchev–Trinajstić information content (AvgIpc) is 3.23. The van der Waals surface area contributed by atoms with Crippen LogP contribution in [0.1, 0.15) is 54.4 Å². The van der Waals surface area contributed by atoms with E-state index < -0.39 is 40.7 Å². The highest BCUT2D eigenvalue weighted by Gasteiger charge is 2.49. The van der Waals surface area contributed by atoms with E-state index in [4.69, 9.17) is 4.74 Å². The van der Waals surface area contributed by atoms with E-state index in [1.807, 2.05) is 23.8 Å². The Morgan fingerprint density at radius 2 is 2.16 bits per heavy atom.